The number of likely N-dealkylation sites (tertiary alicyclic amines) is 2. The van der Waals surface area contributed by atoms with E-state index < -0.39 is 0 Å². The second kappa shape index (κ2) is 25.6. The number of hydrogen-bond donors (Lipinski definition) is 0. The molecule has 0 spiro atoms. The van der Waals surface area contributed by atoms with Gasteiger partial charge in [-0.1, -0.05) is 211 Å². The molecule has 0 aromatic heterocycles. The first kappa shape index (κ1) is 52.3. The molecule has 6 nitrogen and oxygen atoms in total. The number of ether oxygens (including phenoxy) is 2. The highest BCUT2D eigenvalue weighted by atomic mass is 16.5. The van der Waals surface area contributed by atoms with Crippen LogP contribution in [0.25, 0.3) is 0 Å². The summed E-state index contributed by atoms with van der Waals surface area (Å²) < 4.78 is 13.3. The Morgan fingerprint density at radius 2 is 0.700 bits per heavy atom. The fourth-order valence-electron chi connectivity index (χ4n) is 9.66. The van der Waals surface area contributed by atoms with E-state index in [1.165, 1.54) is 33.4 Å². The van der Waals surface area contributed by atoms with E-state index in [4.69, 9.17) is 9.47 Å². The van der Waals surface area contributed by atoms with E-state index in [0.717, 1.165) is 88.9 Å². The van der Waals surface area contributed by atoms with Crippen molar-refractivity contribution in [1.29, 1.82) is 0 Å². The smallest absolute Gasteiger partial charge is 0.162 e. The molecule has 2 saturated heterocycles. The molecule has 2 aliphatic heterocycles. The van der Waals surface area contributed by atoms with Crippen molar-refractivity contribution in [2.45, 2.75) is 128 Å². The Balaban J connectivity index is 0.000000206. The minimum atomic E-state index is -0.0313. The lowest BCUT2D eigenvalue weighted by atomic mass is 9.86. The Labute approximate surface area is 420 Å². The topological polar surface area (TPSA) is 59.1 Å². The van der Waals surface area contributed by atoms with Crippen molar-refractivity contribution in [3.8, 4) is 0 Å². The van der Waals surface area contributed by atoms with Crippen LogP contribution in [0.4, 0.5) is 0 Å². The molecule has 0 atom stereocenters. The van der Waals surface area contributed by atoms with E-state index in [2.05, 4.69) is 197 Å². The zero-order valence-corrected chi connectivity index (χ0v) is 42.9. The summed E-state index contributed by atoms with van der Waals surface area (Å²) in [7, 11) is 0. The van der Waals surface area contributed by atoms with Gasteiger partial charge in [0.2, 0.25) is 0 Å². The molecule has 2 heterocycles. The third-order valence-electron chi connectivity index (χ3n) is 14.0. The Morgan fingerprint density at radius 1 is 0.429 bits per heavy atom. The van der Waals surface area contributed by atoms with Crippen molar-refractivity contribution in [3.63, 3.8) is 0 Å². The quantitative estimate of drug-likeness (QED) is 0.0800. The molecule has 6 heteroatoms. The monoisotopic (exact) mass is 939 g/mol. The Morgan fingerprint density at radius 3 is 0.957 bits per heavy atom. The van der Waals surface area contributed by atoms with Crippen molar-refractivity contribution >= 4 is 11.6 Å². The van der Waals surface area contributed by atoms with Gasteiger partial charge in [0.15, 0.2) is 11.6 Å². The largest absolute Gasteiger partial charge is 0.365 e. The number of piperidine rings is 2. The molecule has 2 aliphatic rings. The van der Waals surface area contributed by atoms with Crippen LogP contribution >= 0.6 is 0 Å². The van der Waals surface area contributed by atoms with Crippen LogP contribution in [0.15, 0.2) is 170 Å². The van der Waals surface area contributed by atoms with Gasteiger partial charge in [0.1, 0.15) is 12.2 Å². The minimum Gasteiger partial charge on any atom is -0.365 e. The normalized spacial score (nSPS) is 15.4. The average Bonchev–Trinajstić information content (AvgIpc) is 3.39. The molecule has 0 radical (unpaired) electrons. The van der Waals surface area contributed by atoms with E-state index in [9.17, 15) is 9.59 Å². The molecule has 0 unspecified atom stereocenters. The molecule has 0 N–H and O–H groups in total. The first-order valence-corrected chi connectivity index (χ1v) is 26.0. The van der Waals surface area contributed by atoms with Gasteiger partial charge in [-0.05, 0) is 95.8 Å². The number of carbonyl (C=O) groups excluding carboxylic acids is 2. The predicted octanol–water partition coefficient (Wildman–Crippen LogP) is 14.4. The summed E-state index contributed by atoms with van der Waals surface area (Å²) >= 11 is 0. The number of hydrogen-bond acceptors (Lipinski definition) is 6. The number of rotatable bonds is 18. The maximum absolute atomic E-state index is 12.7. The fraction of sp³-hybridized carbons (Fsp3) is 0.406. The first-order valence-electron chi connectivity index (χ1n) is 26.0. The van der Waals surface area contributed by atoms with Crippen LogP contribution < -0.4 is 0 Å². The standard InChI is InChI=1S/2C32H39NO2/c2*1-32(2,3)28-18-16-25(17-19-28)30(34)15-10-22-33-23-20-29(21-24-33)35-31(26-11-6-4-7-12-26)27-13-8-5-9-14-27/h2*4-9,11-14,16-19,29,31H,10,15,20-24H2,1-3H3. The van der Waals surface area contributed by atoms with Gasteiger partial charge < -0.3 is 19.3 Å². The van der Waals surface area contributed by atoms with Crippen molar-refractivity contribution in [2.75, 3.05) is 39.3 Å². The van der Waals surface area contributed by atoms with Gasteiger partial charge in [-0.3, -0.25) is 9.59 Å². The van der Waals surface area contributed by atoms with E-state index in [0.29, 0.717) is 12.8 Å². The number of benzene rings is 6. The molecule has 0 bridgehead atoms. The summed E-state index contributed by atoms with van der Waals surface area (Å²) in [4.78, 5) is 30.3. The van der Waals surface area contributed by atoms with Crippen LogP contribution in [-0.2, 0) is 20.3 Å². The van der Waals surface area contributed by atoms with Gasteiger partial charge in [-0.2, -0.15) is 0 Å². The number of nitrogens with zero attached hydrogens (tertiary/aromatic N) is 2. The lowest BCUT2D eigenvalue weighted by Crippen LogP contribution is -2.38. The Bertz CT molecular complexity index is 2190. The Hall–Kier alpha value is -5.50. The zero-order chi connectivity index (χ0) is 49.4. The molecule has 0 saturated carbocycles. The lowest BCUT2D eigenvalue weighted by Gasteiger charge is -2.34. The van der Waals surface area contributed by atoms with Gasteiger partial charge in [0, 0.05) is 50.1 Å². The van der Waals surface area contributed by atoms with Gasteiger partial charge in [0.25, 0.3) is 0 Å². The van der Waals surface area contributed by atoms with Crippen LogP contribution in [-0.4, -0.2) is 72.8 Å². The molecule has 70 heavy (non-hydrogen) atoms. The third kappa shape index (κ3) is 15.8. The average molecular weight is 939 g/mol. The third-order valence-corrected chi connectivity index (χ3v) is 14.0. The second-order valence-electron chi connectivity index (χ2n) is 21.5. The van der Waals surface area contributed by atoms with Gasteiger partial charge >= 0.3 is 0 Å². The summed E-state index contributed by atoms with van der Waals surface area (Å²) in [6.07, 6.45) is 7.56. The maximum Gasteiger partial charge on any atom is 0.162 e. The van der Waals surface area contributed by atoms with Crippen molar-refractivity contribution < 1.29 is 19.1 Å². The summed E-state index contributed by atoms with van der Waals surface area (Å²) in [5, 5.41) is 0. The Kier molecular flexibility index (Phi) is 19.1. The SMILES string of the molecule is CC(C)(C)c1ccc(C(=O)CCCN2CCC(OC(c3ccccc3)c3ccccc3)CC2)cc1.CC(C)(C)c1ccc(C(=O)CCCN2CCC(OC(c3ccccc3)c3ccccc3)CC2)cc1. The molecule has 6 aromatic carbocycles. The van der Waals surface area contributed by atoms with Crippen molar-refractivity contribution in [1.82, 2.24) is 9.80 Å². The minimum absolute atomic E-state index is 0.0313. The van der Waals surface area contributed by atoms with Gasteiger partial charge in [0.05, 0.1) is 12.2 Å². The van der Waals surface area contributed by atoms with Crippen LogP contribution in [0.2, 0.25) is 0 Å². The predicted molar refractivity (Wildman–Crippen MR) is 288 cm³/mol. The summed E-state index contributed by atoms with van der Waals surface area (Å²) in [5.41, 5.74) is 9.23. The number of ketones is 2. The summed E-state index contributed by atoms with van der Waals surface area (Å²) in [6.45, 7) is 19.2. The summed E-state index contributed by atoms with van der Waals surface area (Å²) in [5.74, 6) is 0.495. The van der Waals surface area contributed by atoms with Gasteiger partial charge in [-0.15, -0.1) is 0 Å². The molecule has 8 rings (SSSR count). The molecule has 2 fully saturated rings. The number of Topliss-reactive ketones (excluding diaryl/α,β-unsaturated/α-hetero) is 2. The van der Waals surface area contributed by atoms with Crippen molar-refractivity contribution in [3.05, 3.63) is 214 Å². The molecule has 0 amide bonds. The second-order valence-corrected chi connectivity index (χ2v) is 21.5. The molecular formula is C64H78N2O4. The molecule has 368 valence electrons. The molecule has 6 aromatic rings. The van der Waals surface area contributed by atoms with Crippen LogP contribution in [0.1, 0.15) is 159 Å². The molecule has 0 aliphatic carbocycles. The van der Waals surface area contributed by atoms with E-state index in [1.54, 1.807) is 0 Å². The molecular weight excluding hydrogens is 861 g/mol. The van der Waals surface area contributed by atoms with E-state index in [1.807, 2.05) is 24.3 Å². The van der Waals surface area contributed by atoms with Crippen molar-refractivity contribution in [2.24, 2.45) is 0 Å². The van der Waals surface area contributed by atoms with Crippen LogP contribution in [0.3, 0.4) is 0 Å². The highest BCUT2D eigenvalue weighted by Gasteiger charge is 2.27. The lowest BCUT2D eigenvalue weighted by molar-refractivity contribution is -0.0271. The van der Waals surface area contributed by atoms with E-state index in [-0.39, 0.29) is 46.8 Å². The van der Waals surface area contributed by atoms with Gasteiger partial charge in [-0.25, -0.2) is 0 Å². The highest BCUT2D eigenvalue weighted by molar-refractivity contribution is 5.96. The first-order chi connectivity index (χ1) is 33.8. The summed E-state index contributed by atoms with van der Waals surface area (Å²) in [6, 6.07) is 58.4. The van der Waals surface area contributed by atoms with E-state index >= 15 is 0 Å². The fourth-order valence-corrected chi connectivity index (χ4v) is 9.66. The maximum atomic E-state index is 12.7. The van der Waals surface area contributed by atoms with Crippen LogP contribution in [0, 0.1) is 0 Å². The van der Waals surface area contributed by atoms with Crippen LogP contribution in [0.5, 0.6) is 0 Å². The highest BCUT2D eigenvalue weighted by Crippen LogP contribution is 2.32. The zero-order valence-electron chi connectivity index (χ0n) is 42.9. The number of carbonyl (C=O) groups is 2.